The minimum Gasteiger partial charge on any atom is -0.465 e. The van der Waals surface area contributed by atoms with Crippen LogP contribution in [0.1, 0.15) is 39.5 Å². The fraction of sp³-hybridized carbons (Fsp3) is 0.368. The van der Waals surface area contributed by atoms with Crippen LogP contribution >= 0.6 is 0 Å². The molecule has 142 valence electrons. The predicted molar refractivity (Wildman–Crippen MR) is 99.1 cm³/mol. The average Bonchev–Trinajstić information content (AvgIpc) is 3.18. The lowest BCUT2D eigenvalue weighted by atomic mass is 10.2. The van der Waals surface area contributed by atoms with E-state index in [9.17, 15) is 9.59 Å². The van der Waals surface area contributed by atoms with Crippen molar-refractivity contribution in [3.63, 3.8) is 0 Å². The number of ether oxygens (including phenoxy) is 2. The van der Waals surface area contributed by atoms with E-state index in [1.165, 1.54) is 7.11 Å². The van der Waals surface area contributed by atoms with Crippen LogP contribution in [-0.4, -0.2) is 48.2 Å². The largest absolute Gasteiger partial charge is 0.465 e. The van der Waals surface area contributed by atoms with E-state index in [1.807, 2.05) is 0 Å². The van der Waals surface area contributed by atoms with Crippen molar-refractivity contribution in [2.45, 2.75) is 25.9 Å². The highest BCUT2D eigenvalue weighted by Gasteiger charge is 2.18. The van der Waals surface area contributed by atoms with E-state index in [1.54, 1.807) is 37.3 Å². The van der Waals surface area contributed by atoms with E-state index in [2.05, 4.69) is 20.6 Å². The first-order valence-corrected chi connectivity index (χ1v) is 8.76. The summed E-state index contributed by atoms with van der Waals surface area (Å²) in [6, 6.07) is 8.41. The number of methoxy groups -OCH3 is 1. The van der Waals surface area contributed by atoms with Crippen LogP contribution in [0.15, 0.2) is 30.3 Å². The zero-order valence-corrected chi connectivity index (χ0v) is 15.3. The van der Waals surface area contributed by atoms with Gasteiger partial charge < -0.3 is 20.1 Å². The summed E-state index contributed by atoms with van der Waals surface area (Å²) in [5.74, 6) is 0.229. The van der Waals surface area contributed by atoms with Crippen LogP contribution in [0.5, 0.6) is 0 Å². The molecule has 1 aliphatic rings. The zero-order chi connectivity index (χ0) is 19.2. The predicted octanol–water partition coefficient (Wildman–Crippen LogP) is 2.22. The lowest BCUT2D eigenvalue weighted by Gasteiger charge is -2.12. The van der Waals surface area contributed by atoms with Gasteiger partial charge in [0.2, 0.25) is 0 Å². The van der Waals surface area contributed by atoms with Gasteiger partial charge in [0, 0.05) is 24.9 Å². The minimum atomic E-state index is -0.424. The number of benzene rings is 1. The molecule has 27 heavy (non-hydrogen) atoms. The maximum absolute atomic E-state index is 12.4. The fourth-order valence-electron chi connectivity index (χ4n) is 2.84. The molecular formula is C19H22N4O4. The molecule has 1 fully saturated rings. The molecule has 8 nitrogen and oxygen atoms in total. The molecule has 2 aromatic rings. The molecule has 1 aromatic carbocycles. The molecular weight excluding hydrogens is 348 g/mol. The van der Waals surface area contributed by atoms with E-state index < -0.39 is 5.97 Å². The Morgan fingerprint density at radius 1 is 1.30 bits per heavy atom. The second-order valence-corrected chi connectivity index (χ2v) is 6.23. The number of amides is 1. The van der Waals surface area contributed by atoms with Crippen LogP contribution in [0.25, 0.3) is 0 Å². The normalized spacial score (nSPS) is 16.0. The molecule has 0 saturated carbocycles. The third-order valence-corrected chi connectivity index (χ3v) is 4.14. The van der Waals surface area contributed by atoms with Crippen LogP contribution in [0.3, 0.4) is 0 Å². The van der Waals surface area contributed by atoms with Gasteiger partial charge in [0.25, 0.3) is 5.91 Å². The van der Waals surface area contributed by atoms with E-state index in [0.717, 1.165) is 19.4 Å². The summed E-state index contributed by atoms with van der Waals surface area (Å²) in [6.45, 7) is 2.92. The van der Waals surface area contributed by atoms with Gasteiger partial charge in [-0.2, -0.15) is 0 Å². The summed E-state index contributed by atoms with van der Waals surface area (Å²) in [7, 11) is 1.33. The zero-order valence-electron chi connectivity index (χ0n) is 15.3. The highest BCUT2D eigenvalue weighted by atomic mass is 16.5. The molecule has 1 aromatic heterocycles. The van der Waals surface area contributed by atoms with Crippen LogP contribution < -0.4 is 10.6 Å². The number of rotatable bonds is 6. The number of carbonyl (C=O) groups is 2. The molecule has 2 heterocycles. The van der Waals surface area contributed by atoms with Gasteiger partial charge in [-0.15, -0.1) is 0 Å². The van der Waals surface area contributed by atoms with Gasteiger partial charge in [0.05, 0.1) is 18.8 Å². The number of esters is 1. The Kier molecular flexibility index (Phi) is 5.97. The van der Waals surface area contributed by atoms with Crippen molar-refractivity contribution in [3.8, 4) is 0 Å². The van der Waals surface area contributed by atoms with Crippen molar-refractivity contribution >= 4 is 23.4 Å². The molecule has 1 amide bonds. The molecule has 0 aliphatic carbocycles. The van der Waals surface area contributed by atoms with E-state index in [-0.39, 0.29) is 17.7 Å². The second kappa shape index (κ2) is 8.59. The van der Waals surface area contributed by atoms with Gasteiger partial charge in [0.15, 0.2) is 0 Å². The quantitative estimate of drug-likeness (QED) is 0.752. The Bertz CT molecular complexity index is 834. The summed E-state index contributed by atoms with van der Waals surface area (Å²) >= 11 is 0. The fourth-order valence-corrected chi connectivity index (χ4v) is 2.84. The molecule has 0 spiro atoms. The van der Waals surface area contributed by atoms with E-state index in [4.69, 9.17) is 9.47 Å². The molecule has 8 heteroatoms. The van der Waals surface area contributed by atoms with Crippen LogP contribution in [0.2, 0.25) is 0 Å². The summed E-state index contributed by atoms with van der Waals surface area (Å²) < 4.78 is 10.2. The number of nitrogens with zero attached hydrogens (tertiary/aromatic N) is 2. The highest BCUT2D eigenvalue weighted by Crippen LogP contribution is 2.18. The number of aromatic nitrogens is 2. The number of carbonyl (C=O) groups excluding carboxylic acids is 2. The SMILES string of the molecule is COC(=O)c1cccc(Nc2cc(C(=O)NCC3CCCO3)nc(C)n2)c1. The van der Waals surface area contributed by atoms with Crippen molar-refractivity contribution < 1.29 is 19.1 Å². The Labute approximate surface area is 157 Å². The molecule has 1 saturated heterocycles. The lowest BCUT2D eigenvalue weighted by Crippen LogP contribution is -2.32. The Morgan fingerprint density at radius 2 is 2.15 bits per heavy atom. The molecule has 0 radical (unpaired) electrons. The Morgan fingerprint density at radius 3 is 2.89 bits per heavy atom. The first-order valence-electron chi connectivity index (χ1n) is 8.76. The summed E-state index contributed by atoms with van der Waals surface area (Å²) in [5, 5.41) is 5.94. The topological polar surface area (TPSA) is 102 Å². The summed E-state index contributed by atoms with van der Waals surface area (Å²) in [6.07, 6.45) is 2.04. The molecule has 1 aliphatic heterocycles. The molecule has 1 unspecified atom stereocenters. The number of aryl methyl sites for hydroxylation is 1. The van der Waals surface area contributed by atoms with Crippen LogP contribution in [0.4, 0.5) is 11.5 Å². The van der Waals surface area contributed by atoms with Gasteiger partial charge in [-0.3, -0.25) is 4.79 Å². The van der Waals surface area contributed by atoms with Gasteiger partial charge in [0.1, 0.15) is 17.3 Å². The van der Waals surface area contributed by atoms with Crippen LogP contribution in [-0.2, 0) is 9.47 Å². The molecule has 3 rings (SSSR count). The van der Waals surface area contributed by atoms with Gasteiger partial charge in [-0.1, -0.05) is 6.07 Å². The first kappa shape index (κ1) is 18.8. The summed E-state index contributed by atoms with van der Waals surface area (Å²) in [4.78, 5) is 32.6. The monoisotopic (exact) mass is 370 g/mol. The summed E-state index contributed by atoms with van der Waals surface area (Å²) in [5.41, 5.74) is 1.34. The second-order valence-electron chi connectivity index (χ2n) is 6.23. The standard InChI is InChI=1S/C19H22N4O4/c1-12-21-16(18(24)20-11-15-7-4-8-27-15)10-17(22-12)23-14-6-3-5-13(9-14)19(25)26-2/h3,5-6,9-10,15H,4,7-8,11H2,1-2H3,(H,20,24)(H,21,22,23). The Hall–Kier alpha value is -3.00. The van der Waals surface area contributed by atoms with Crippen molar-refractivity contribution in [1.29, 1.82) is 0 Å². The van der Waals surface area contributed by atoms with Gasteiger partial charge in [-0.25, -0.2) is 14.8 Å². The molecule has 2 N–H and O–H groups in total. The maximum Gasteiger partial charge on any atom is 0.337 e. The third-order valence-electron chi connectivity index (χ3n) is 4.14. The van der Waals surface area contributed by atoms with Crippen molar-refractivity contribution in [2.24, 2.45) is 0 Å². The number of nitrogens with one attached hydrogen (secondary N) is 2. The Balaban J connectivity index is 1.71. The van der Waals surface area contributed by atoms with E-state index >= 15 is 0 Å². The molecule has 1 atom stereocenters. The van der Waals surface area contributed by atoms with Crippen LogP contribution in [0, 0.1) is 6.92 Å². The van der Waals surface area contributed by atoms with Crippen molar-refractivity contribution in [1.82, 2.24) is 15.3 Å². The molecule has 0 bridgehead atoms. The number of hydrogen-bond donors (Lipinski definition) is 2. The van der Waals surface area contributed by atoms with Gasteiger partial charge >= 0.3 is 5.97 Å². The smallest absolute Gasteiger partial charge is 0.337 e. The maximum atomic E-state index is 12.4. The highest BCUT2D eigenvalue weighted by molar-refractivity contribution is 5.93. The number of anilines is 2. The average molecular weight is 370 g/mol. The minimum absolute atomic E-state index is 0.0653. The lowest BCUT2D eigenvalue weighted by molar-refractivity contribution is 0.0600. The number of hydrogen-bond acceptors (Lipinski definition) is 7. The third kappa shape index (κ3) is 5.01. The van der Waals surface area contributed by atoms with E-state index in [0.29, 0.717) is 29.4 Å². The van der Waals surface area contributed by atoms with Gasteiger partial charge in [-0.05, 0) is 38.0 Å². The first-order chi connectivity index (χ1) is 13.0. The van der Waals surface area contributed by atoms with Crippen molar-refractivity contribution in [3.05, 3.63) is 47.4 Å². The van der Waals surface area contributed by atoms with Crippen molar-refractivity contribution in [2.75, 3.05) is 25.6 Å².